The lowest BCUT2D eigenvalue weighted by atomic mass is 9.87. The van der Waals surface area contributed by atoms with Crippen LogP contribution >= 0.6 is 0 Å². The van der Waals surface area contributed by atoms with E-state index in [0.717, 1.165) is 12.0 Å². The van der Waals surface area contributed by atoms with Crippen molar-refractivity contribution in [2.45, 2.75) is 58.9 Å². The Morgan fingerprint density at radius 1 is 1.03 bits per heavy atom. The third-order valence-electron chi connectivity index (χ3n) is 5.28. The Hall–Kier alpha value is -2.82. The van der Waals surface area contributed by atoms with Crippen LogP contribution in [0.5, 0.6) is 5.75 Å². The van der Waals surface area contributed by atoms with Gasteiger partial charge >= 0.3 is 0 Å². The Bertz CT molecular complexity index is 826. The molecular formula is C26H36N2O3. The van der Waals surface area contributed by atoms with E-state index in [1.165, 1.54) is 5.56 Å². The van der Waals surface area contributed by atoms with Gasteiger partial charge in [0.1, 0.15) is 11.8 Å². The predicted molar refractivity (Wildman–Crippen MR) is 125 cm³/mol. The minimum absolute atomic E-state index is 0.0594. The van der Waals surface area contributed by atoms with Crippen LogP contribution in [0.2, 0.25) is 0 Å². The van der Waals surface area contributed by atoms with Gasteiger partial charge in [0.2, 0.25) is 5.91 Å². The summed E-state index contributed by atoms with van der Waals surface area (Å²) in [6, 6.07) is 17.2. The summed E-state index contributed by atoms with van der Waals surface area (Å²) in [5.74, 6) is 0.306. The van der Waals surface area contributed by atoms with Crippen molar-refractivity contribution in [2.75, 3.05) is 19.7 Å². The number of nitrogens with one attached hydrogen (secondary N) is 1. The first-order valence-corrected chi connectivity index (χ1v) is 11.1. The smallest absolute Gasteiger partial charge is 0.261 e. The van der Waals surface area contributed by atoms with Crippen LogP contribution in [0.25, 0.3) is 0 Å². The monoisotopic (exact) mass is 424 g/mol. The molecule has 0 saturated carbocycles. The lowest BCUT2D eigenvalue weighted by Gasteiger charge is -2.28. The van der Waals surface area contributed by atoms with Crippen LogP contribution in [0, 0.1) is 0 Å². The number of benzene rings is 2. The maximum atomic E-state index is 13.0. The van der Waals surface area contributed by atoms with E-state index in [1.807, 2.05) is 61.5 Å². The first-order chi connectivity index (χ1) is 14.7. The number of ether oxygens (including phenoxy) is 1. The molecule has 2 aromatic carbocycles. The molecule has 0 aromatic heterocycles. The molecule has 0 radical (unpaired) electrons. The standard InChI is InChI=1S/C26H36N2O3/c1-6-17-27-25(30)20(2)28(18-16-21-10-8-7-9-11-21)24(29)19-31-23-14-12-22(13-15-23)26(3,4)5/h7-15,20H,6,16-19H2,1-5H3,(H,27,30)/t20-/m1/s1. The van der Waals surface area contributed by atoms with E-state index < -0.39 is 6.04 Å². The van der Waals surface area contributed by atoms with Gasteiger partial charge < -0.3 is 15.0 Å². The largest absolute Gasteiger partial charge is 0.484 e. The van der Waals surface area contributed by atoms with Crippen molar-refractivity contribution in [3.8, 4) is 5.75 Å². The zero-order valence-corrected chi connectivity index (χ0v) is 19.5. The number of rotatable bonds is 10. The maximum Gasteiger partial charge on any atom is 0.261 e. The Morgan fingerprint density at radius 2 is 1.68 bits per heavy atom. The fourth-order valence-electron chi connectivity index (χ4n) is 3.25. The topological polar surface area (TPSA) is 58.6 Å². The van der Waals surface area contributed by atoms with Crippen LogP contribution in [0.3, 0.4) is 0 Å². The van der Waals surface area contributed by atoms with Crippen LogP contribution < -0.4 is 10.1 Å². The van der Waals surface area contributed by atoms with E-state index in [1.54, 1.807) is 11.8 Å². The average molecular weight is 425 g/mol. The van der Waals surface area contributed by atoms with E-state index in [2.05, 4.69) is 26.1 Å². The summed E-state index contributed by atoms with van der Waals surface area (Å²) in [5.41, 5.74) is 2.39. The highest BCUT2D eigenvalue weighted by Gasteiger charge is 2.26. The first kappa shape index (κ1) is 24.4. The SMILES string of the molecule is CCCNC(=O)[C@@H](C)N(CCc1ccccc1)C(=O)COc1ccc(C(C)(C)C)cc1. The second-order valence-electron chi connectivity index (χ2n) is 8.85. The van der Waals surface area contributed by atoms with Crippen LogP contribution in [0.4, 0.5) is 0 Å². The number of hydrogen-bond acceptors (Lipinski definition) is 3. The molecule has 2 aromatic rings. The van der Waals surface area contributed by atoms with Gasteiger partial charge in [0.25, 0.3) is 5.91 Å². The normalized spacial score (nSPS) is 12.2. The van der Waals surface area contributed by atoms with Crippen LogP contribution in [0.1, 0.15) is 52.2 Å². The second-order valence-corrected chi connectivity index (χ2v) is 8.85. The predicted octanol–water partition coefficient (Wildman–Crippen LogP) is 4.35. The van der Waals surface area contributed by atoms with E-state index in [0.29, 0.717) is 25.3 Å². The lowest BCUT2D eigenvalue weighted by Crippen LogP contribution is -2.50. The zero-order chi connectivity index (χ0) is 22.9. The summed E-state index contributed by atoms with van der Waals surface area (Å²) in [6.07, 6.45) is 1.53. The molecule has 5 nitrogen and oxygen atoms in total. The number of hydrogen-bond donors (Lipinski definition) is 1. The molecule has 0 aliphatic heterocycles. The van der Waals surface area contributed by atoms with Gasteiger partial charge in [-0.1, -0.05) is 70.2 Å². The molecule has 168 valence electrons. The molecule has 2 amide bonds. The molecule has 0 spiro atoms. The van der Waals surface area contributed by atoms with Gasteiger partial charge in [-0.3, -0.25) is 9.59 Å². The number of amides is 2. The molecule has 31 heavy (non-hydrogen) atoms. The van der Waals surface area contributed by atoms with Crippen LogP contribution in [-0.4, -0.2) is 42.5 Å². The third kappa shape index (κ3) is 7.74. The first-order valence-electron chi connectivity index (χ1n) is 11.1. The number of nitrogens with zero attached hydrogens (tertiary/aromatic N) is 1. The Kier molecular flexibility index (Phi) is 9.10. The van der Waals surface area contributed by atoms with Gasteiger partial charge in [0.05, 0.1) is 0 Å². The van der Waals surface area contributed by atoms with Crippen molar-refractivity contribution in [1.82, 2.24) is 10.2 Å². The van der Waals surface area contributed by atoms with Gasteiger partial charge in [0, 0.05) is 13.1 Å². The van der Waals surface area contributed by atoms with Gasteiger partial charge in [-0.2, -0.15) is 0 Å². The molecule has 0 aliphatic carbocycles. The van der Waals surface area contributed by atoms with Gasteiger partial charge in [-0.05, 0) is 48.4 Å². The fraction of sp³-hybridized carbons (Fsp3) is 0.462. The maximum absolute atomic E-state index is 13.0. The third-order valence-corrected chi connectivity index (χ3v) is 5.28. The van der Waals surface area contributed by atoms with Crippen molar-refractivity contribution in [1.29, 1.82) is 0 Å². The highest BCUT2D eigenvalue weighted by molar-refractivity contribution is 5.87. The summed E-state index contributed by atoms with van der Waals surface area (Å²) in [6.45, 7) is 11.2. The molecule has 0 heterocycles. The van der Waals surface area contributed by atoms with Gasteiger partial charge in [0.15, 0.2) is 6.61 Å². The highest BCUT2D eigenvalue weighted by atomic mass is 16.5. The van der Waals surface area contributed by atoms with Crippen LogP contribution in [-0.2, 0) is 21.4 Å². The zero-order valence-electron chi connectivity index (χ0n) is 19.5. The van der Waals surface area contributed by atoms with Crippen molar-refractivity contribution in [2.24, 2.45) is 0 Å². The quantitative estimate of drug-likeness (QED) is 0.617. The second kappa shape index (κ2) is 11.5. The Labute approximate surface area is 186 Å². The summed E-state index contributed by atoms with van der Waals surface area (Å²) in [7, 11) is 0. The summed E-state index contributed by atoms with van der Waals surface area (Å²) in [5, 5.41) is 2.89. The molecule has 0 saturated heterocycles. The Morgan fingerprint density at radius 3 is 2.26 bits per heavy atom. The van der Waals surface area contributed by atoms with Crippen molar-refractivity contribution in [3.05, 3.63) is 65.7 Å². The highest BCUT2D eigenvalue weighted by Crippen LogP contribution is 2.24. The molecule has 0 fully saturated rings. The van der Waals surface area contributed by atoms with Crippen molar-refractivity contribution >= 4 is 11.8 Å². The molecule has 0 bridgehead atoms. The van der Waals surface area contributed by atoms with Gasteiger partial charge in [-0.15, -0.1) is 0 Å². The summed E-state index contributed by atoms with van der Waals surface area (Å²) >= 11 is 0. The molecule has 0 unspecified atom stereocenters. The molecule has 5 heteroatoms. The van der Waals surface area contributed by atoms with Crippen LogP contribution in [0.15, 0.2) is 54.6 Å². The summed E-state index contributed by atoms with van der Waals surface area (Å²) in [4.78, 5) is 27.1. The molecule has 0 aliphatic rings. The Balaban J connectivity index is 2.04. The van der Waals surface area contributed by atoms with Gasteiger partial charge in [-0.25, -0.2) is 0 Å². The molecule has 1 atom stereocenters. The number of carbonyl (C=O) groups is 2. The lowest BCUT2D eigenvalue weighted by molar-refractivity contribution is -0.141. The molecule has 2 rings (SSSR count). The minimum Gasteiger partial charge on any atom is -0.484 e. The van der Waals surface area contributed by atoms with E-state index >= 15 is 0 Å². The minimum atomic E-state index is -0.561. The fourth-order valence-corrected chi connectivity index (χ4v) is 3.25. The van der Waals surface area contributed by atoms with Crippen molar-refractivity contribution in [3.63, 3.8) is 0 Å². The summed E-state index contributed by atoms with van der Waals surface area (Å²) < 4.78 is 5.76. The number of carbonyl (C=O) groups excluding carboxylic acids is 2. The van der Waals surface area contributed by atoms with E-state index in [9.17, 15) is 9.59 Å². The average Bonchev–Trinajstić information content (AvgIpc) is 2.76. The van der Waals surface area contributed by atoms with Crippen molar-refractivity contribution < 1.29 is 14.3 Å². The molecular weight excluding hydrogens is 388 g/mol. The van der Waals surface area contributed by atoms with E-state index in [-0.39, 0.29) is 23.8 Å². The molecule has 1 N–H and O–H groups in total. The van der Waals surface area contributed by atoms with E-state index in [4.69, 9.17) is 4.74 Å².